The quantitative estimate of drug-likeness (QED) is 0.417. The first-order valence-corrected chi connectivity index (χ1v) is 10.2. The summed E-state index contributed by atoms with van der Waals surface area (Å²) in [4.78, 5) is 32.0. The van der Waals surface area contributed by atoms with Crippen molar-refractivity contribution in [2.45, 2.75) is 0 Å². The maximum absolute atomic E-state index is 12.3. The van der Waals surface area contributed by atoms with Gasteiger partial charge in [0.1, 0.15) is 5.69 Å². The largest absolute Gasteiger partial charge is 0.362 e. The van der Waals surface area contributed by atoms with E-state index in [1.807, 2.05) is 28.0 Å². The number of para-hydroxylation sites is 2. The molecule has 1 amide bonds. The molecule has 0 spiro atoms. The molecule has 148 valence electrons. The Hall–Kier alpha value is -2.84. The van der Waals surface area contributed by atoms with E-state index in [1.165, 1.54) is 17.8 Å². The number of rotatable bonds is 3. The molecule has 2 aromatic rings. The maximum atomic E-state index is 12.3. The Bertz CT molecular complexity index is 1030. The molecule has 9 heteroatoms. The van der Waals surface area contributed by atoms with Crippen molar-refractivity contribution >= 4 is 51.9 Å². The number of amidine groups is 1. The minimum atomic E-state index is -0.358. The number of hydrogen-bond acceptors (Lipinski definition) is 6. The Morgan fingerprint density at radius 3 is 2.41 bits per heavy atom. The molecule has 0 radical (unpaired) electrons. The van der Waals surface area contributed by atoms with Crippen molar-refractivity contribution in [1.82, 2.24) is 4.90 Å². The SMILES string of the molecule is O=C1N=C(N2CCN(c3ccccc3[N+](=O)[O-])CC2)SC1=Cc1ccccc1Cl. The third kappa shape index (κ3) is 4.13. The smallest absolute Gasteiger partial charge is 0.292 e. The lowest BCUT2D eigenvalue weighted by atomic mass is 10.2. The number of nitro groups is 1. The molecule has 29 heavy (non-hydrogen) atoms. The van der Waals surface area contributed by atoms with Gasteiger partial charge < -0.3 is 9.80 Å². The molecule has 0 aromatic heterocycles. The number of carbonyl (C=O) groups excluding carboxylic acids is 1. The van der Waals surface area contributed by atoms with E-state index in [1.54, 1.807) is 30.3 Å². The molecular weight excluding hydrogens is 412 g/mol. The van der Waals surface area contributed by atoms with Crippen LogP contribution in [0.15, 0.2) is 58.4 Å². The fourth-order valence-electron chi connectivity index (χ4n) is 3.29. The highest BCUT2D eigenvalue weighted by molar-refractivity contribution is 8.18. The fraction of sp³-hybridized carbons (Fsp3) is 0.200. The van der Waals surface area contributed by atoms with Crippen molar-refractivity contribution in [1.29, 1.82) is 0 Å². The van der Waals surface area contributed by atoms with Gasteiger partial charge in [0.15, 0.2) is 5.17 Å². The van der Waals surface area contributed by atoms with Crippen LogP contribution in [0.4, 0.5) is 11.4 Å². The van der Waals surface area contributed by atoms with Crippen LogP contribution in [-0.2, 0) is 4.79 Å². The molecule has 0 saturated carbocycles. The third-order valence-electron chi connectivity index (χ3n) is 4.77. The van der Waals surface area contributed by atoms with E-state index >= 15 is 0 Å². The summed E-state index contributed by atoms with van der Waals surface area (Å²) >= 11 is 7.51. The molecule has 2 heterocycles. The van der Waals surface area contributed by atoms with Crippen LogP contribution in [-0.4, -0.2) is 47.1 Å². The van der Waals surface area contributed by atoms with Crippen molar-refractivity contribution in [2.24, 2.45) is 4.99 Å². The van der Waals surface area contributed by atoms with Gasteiger partial charge in [0.2, 0.25) is 0 Å². The highest BCUT2D eigenvalue weighted by atomic mass is 35.5. The lowest BCUT2D eigenvalue weighted by Gasteiger charge is -2.36. The minimum absolute atomic E-state index is 0.105. The summed E-state index contributed by atoms with van der Waals surface area (Å²) in [5.74, 6) is -0.272. The summed E-state index contributed by atoms with van der Waals surface area (Å²) in [7, 11) is 0. The van der Waals surface area contributed by atoms with Gasteiger partial charge >= 0.3 is 0 Å². The van der Waals surface area contributed by atoms with E-state index in [9.17, 15) is 14.9 Å². The lowest BCUT2D eigenvalue weighted by molar-refractivity contribution is -0.384. The number of anilines is 1. The van der Waals surface area contributed by atoms with Crippen molar-refractivity contribution in [3.63, 3.8) is 0 Å². The number of amides is 1. The number of nitro benzene ring substituents is 1. The van der Waals surface area contributed by atoms with Gasteiger partial charge in [-0.2, -0.15) is 4.99 Å². The van der Waals surface area contributed by atoms with Crippen LogP contribution in [0.2, 0.25) is 5.02 Å². The first-order valence-electron chi connectivity index (χ1n) is 9.03. The van der Waals surface area contributed by atoms with Crippen molar-refractivity contribution < 1.29 is 9.72 Å². The summed E-state index contributed by atoms with van der Waals surface area (Å²) in [6.45, 7) is 2.49. The topological polar surface area (TPSA) is 79.0 Å². The summed E-state index contributed by atoms with van der Waals surface area (Å²) < 4.78 is 0. The molecule has 4 rings (SSSR count). The van der Waals surface area contributed by atoms with E-state index in [4.69, 9.17) is 11.6 Å². The van der Waals surface area contributed by atoms with Gasteiger partial charge in [0.25, 0.3) is 11.6 Å². The highest BCUT2D eigenvalue weighted by Gasteiger charge is 2.30. The number of aliphatic imine (C=N–C) groups is 1. The molecule has 1 fully saturated rings. The van der Waals surface area contributed by atoms with Crippen LogP contribution < -0.4 is 4.90 Å². The second kappa shape index (κ2) is 8.26. The molecule has 0 atom stereocenters. The first-order chi connectivity index (χ1) is 14.0. The van der Waals surface area contributed by atoms with E-state index in [0.717, 1.165) is 5.56 Å². The number of hydrogen-bond donors (Lipinski definition) is 0. The zero-order valence-corrected chi connectivity index (χ0v) is 16.9. The van der Waals surface area contributed by atoms with Gasteiger partial charge in [0, 0.05) is 37.3 Å². The average Bonchev–Trinajstić information content (AvgIpc) is 3.10. The second-order valence-electron chi connectivity index (χ2n) is 6.55. The Kier molecular flexibility index (Phi) is 5.55. The molecule has 2 aliphatic heterocycles. The van der Waals surface area contributed by atoms with Crippen LogP contribution in [0.5, 0.6) is 0 Å². The van der Waals surface area contributed by atoms with Gasteiger partial charge in [-0.05, 0) is 35.5 Å². The molecular formula is C20H17ClN4O3S. The Morgan fingerprint density at radius 1 is 1.03 bits per heavy atom. The molecule has 7 nitrogen and oxygen atoms in total. The summed E-state index contributed by atoms with van der Waals surface area (Å²) in [5.41, 5.74) is 1.50. The van der Waals surface area contributed by atoms with Gasteiger partial charge in [-0.25, -0.2) is 0 Å². The molecule has 0 aliphatic carbocycles. The van der Waals surface area contributed by atoms with E-state index in [0.29, 0.717) is 47.0 Å². The number of piperazine rings is 1. The van der Waals surface area contributed by atoms with Crippen LogP contribution >= 0.6 is 23.4 Å². The zero-order chi connectivity index (χ0) is 20.4. The van der Waals surface area contributed by atoms with Crippen LogP contribution in [0, 0.1) is 10.1 Å². The predicted molar refractivity (Wildman–Crippen MR) is 116 cm³/mol. The number of carbonyl (C=O) groups is 1. The Labute approximate surface area is 176 Å². The van der Waals surface area contributed by atoms with Crippen LogP contribution in [0.25, 0.3) is 6.08 Å². The Morgan fingerprint density at radius 2 is 1.69 bits per heavy atom. The average molecular weight is 429 g/mol. The first kappa shape index (κ1) is 19.5. The van der Waals surface area contributed by atoms with E-state index in [-0.39, 0.29) is 16.5 Å². The van der Waals surface area contributed by atoms with Crippen LogP contribution in [0.3, 0.4) is 0 Å². The highest BCUT2D eigenvalue weighted by Crippen LogP contribution is 2.33. The number of halogens is 1. The number of thioether (sulfide) groups is 1. The minimum Gasteiger partial charge on any atom is -0.362 e. The van der Waals surface area contributed by atoms with Crippen molar-refractivity contribution in [3.8, 4) is 0 Å². The van der Waals surface area contributed by atoms with Gasteiger partial charge in [-0.15, -0.1) is 0 Å². The zero-order valence-electron chi connectivity index (χ0n) is 15.3. The van der Waals surface area contributed by atoms with E-state index in [2.05, 4.69) is 4.99 Å². The number of benzene rings is 2. The number of nitrogens with zero attached hydrogens (tertiary/aromatic N) is 4. The standard InChI is InChI=1S/C20H17ClN4O3S/c21-15-6-2-1-5-14(15)13-18-19(26)22-20(29-18)24-11-9-23(10-12-24)16-7-3-4-8-17(16)25(27)28/h1-8,13H,9-12H2. The second-order valence-corrected chi connectivity index (χ2v) is 7.97. The van der Waals surface area contributed by atoms with E-state index < -0.39 is 0 Å². The maximum Gasteiger partial charge on any atom is 0.292 e. The summed E-state index contributed by atoms with van der Waals surface area (Å²) in [6, 6.07) is 14.1. The molecule has 0 unspecified atom stereocenters. The van der Waals surface area contributed by atoms with Gasteiger partial charge in [-0.1, -0.05) is 41.9 Å². The molecule has 0 bridgehead atoms. The summed E-state index contributed by atoms with van der Waals surface area (Å²) in [5, 5.41) is 12.5. The summed E-state index contributed by atoms with van der Waals surface area (Å²) in [6.07, 6.45) is 1.76. The predicted octanol–water partition coefficient (Wildman–Crippen LogP) is 4.04. The fourth-order valence-corrected chi connectivity index (χ4v) is 4.44. The lowest BCUT2D eigenvalue weighted by Crippen LogP contribution is -2.48. The monoisotopic (exact) mass is 428 g/mol. The molecule has 1 saturated heterocycles. The molecule has 2 aromatic carbocycles. The van der Waals surface area contributed by atoms with Gasteiger partial charge in [0.05, 0.1) is 9.83 Å². The third-order valence-corrected chi connectivity index (χ3v) is 6.16. The molecule has 2 aliphatic rings. The van der Waals surface area contributed by atoms with Gasteiger partial charge in [-0.3, -0.25) is 14.9 Å². The van der Waals surface area contributed by atoms with Crippen LogP contribution in [0.1, 0.15) is 5.56 Å². The normalized spacial score (nSPS) is 18.3. The molecule has 0 N–H and O–H groups in total. The van der Waals surface area contributed by atoms with Crippen molar-refractivity contribution in [3.05, 3.63) is 74.1 Å². The van der Waals surface area contributed by atoms with Crippen molar-refractivity contribution in [2.75, 3.05) is 31.1 Å². The Balaban J connectivity index is 1.44.